The predicted octanol–water partition coefficient (Wildman–Crippen LogP) is 2.63. The molecule has 8 nitrogen and oxygen atoms in total. The molecule has 0 spiro atoms. The molecule has 0 bridgehead atoms. The van der Waals surface area contributed by atoms with Crippen LogP contribution in [0.2, 0.25) is 0 Å². The maximum absolute atomic E-state index is 13.7. The summed E-state index contributed by atoms with van der Waals surface area (Å²) in [6, 6.07) is 0. The minimum absolute atomic E-state index is 0.0593. The quantitative estimate of drug-likeness (QED) is 0.380. The van der Waals surface area contributed by atoms with Crippen molar-refractivity contribution in [1.29, 1.82) is 0 Å². The van der Waals surface area contributed by atoms with Gasteiger partial charge in [-0.25, -0.2) is 9.37 Å². The molecule has 1 aliphatic heterocycles. The molecule has 1 amide bonds. The largest absolute Gasteiger partial charge is 0.481 e. The minimum atomic E-state index is -1.24. The van der Waals surface area contributed by atoms with Crippen LogP contribution in [-0.2, 0) is 22.6 Å². The van der Waals surface area contributed by atoms with Gasteiger partial charge in [0.1, 0.15) is 23.9 Å². The van der Waals surface area contributed by atoms with Crippen LogP contribution in [0.25, 0.3) is 0 Å². The number of ether oxygens (including phenoxy) is 2. The third-order valence-corrected chi connectivity index (χ3v) is 6.27. The Morgan fingerprint density at radius 2 is 2.15 bits per heavy atom. The number of aliphatic hydroxyl groups excluding tert-OH is 1. The summed E-state index contributed by atoms with van der Waals surface area (Å²) in [7, 11) is 2.97. The van der Waals surface area contributed by atoms with Gasteiger partial charge in [-0.3, -0.25) is 9.69 Å². The monoisotopic (exact) mass is 495 g/mol. The Morgan fingerprint density at radius 1 is 1.38 bits per heavy atom. The maximum atomic E-state index is 13.7. The fourth-order valence-electron chi connectivity index (χ4n) is 4.23. The molecule has 186 valence electrons. The minimum Gasteiger partial charge on any atom is -0.481 e. The molecular weight excluding hydrogens is 465 g/mol. The topological polar surface area (TPSA) is 101 Å². The Hall–Kier alpha value is -2.33. The van der Waals surface area contributed by atoms with Gasteiger partial charge in [-0.05, 0) is 37.0 Å². The van der Waals surface area contributed by atoms with Crippen LogP contribution in [0.5, 0.6) is 5.88 Å². The van der Waals surface area contributed by atoms with E-state index in [4.69, 9.17) is 21.1 Å². The summed E-state index contributed by atoms with van der Waals surface area (Å²) < 4.78 is 24.5. The smallest absolute Gasteiger partial charge is 0.270 e. The van der Waals surface area contributed by atoms with Crippen LogP contribution in [0.3, 0.4) is 0 Å². The zero-order chi connectivity index (χ0) is 24.8. The van der Waals surface area contributed by atoms with Gasteiger partial charge in [0.05, 0.1) is 19.1 Å². The molecule has 3 atom stereocenters. The van der Waals surface area contributed by atoms with Crippen molar-refractivity contribution in [2.24, 2.45) is 0 Å². The SMILES string of the molecule is COCc1c(OC)nc(C(=O)NCCCC(C)=O)c2c1C(O)N(CC1=CC(Cl)C(F)C=C1)CC2. The van der Waals surface area contributed by atoms with Crippen molar-refractivity contribution >= 4 is 23.3 Å². The molecule has 2 heterocycles. The summed E-state index contributed by atoms with van der Waals surface area (Å²) in [5.41, 5.74) is 2.71. The molecule has 0 saturated heterocycles. The molecule has 2 N–H and O–H groups in total. The van der Waals surface area contributed by atoms with E-state index in [0.717, 1.165) is 5.57 Å². The Kier molecular flexibility index (Phi) is 9.18. The van der Waals surface area contributed by atoms with E-state index in [-0.39, 0.29) is 29.9 Å². The molecule has 0 aromatic carbocycles. The molecule has 1 aromatic heterocycles. The molecule has 2 aliphatic rings. The van der Waals surface area contributed by atoms with Crippen LogP contribution in [0.1, 0.15) is 53.2 Å². The number of aromatic nitrogens is 1. The third kappa shape index (κ3) is 6.02. The second kappa shape index (κ2) is 11.9. The van der Waals surface area contributed by atoms with Crippen molar-refractivity contribution in [2.45, 2.75) is 50.6 Å². The Balaban J connectivity index is 1.91. The fourth-order valence-corrected chi connectivity index (χ4v) is 4.47. The zero-order valence-electron chi connectivity index (χ0n) is 19.6. The van der Waals surface area contributed by atoms with E-state index < -0.39 is 17.8 Å². The first-order valence-corrected chi connectivity index (χ1v) is 11.7. The number of aliphatic hydroxyl groups is 1. The highest BCUT2D eigenvalue weighted by Crippen LogP contribution is 2.37. The molecular formula is C24H31ClFN3O5. The van der Waals surface area contributed by atoms with Gasteiger partial charge >= 0.3 is 0 Å². The van der Waals surface area contributed by atoms with Gasteiger partial charge < -0.3 is 24.7 Å². The van der Waals surface area contributed by atoms with Crippen LogP contribution in [0.4, 0.5) is 4.39 Å². The van der Waals surface area contributed by atoms with Gasteiger partial charge in [0, 0.05) is 44.3 Å². The van der Waals surface area contributed by atoms with Gasteiger partial charge in [-0.1, -0.05) is 12.2 Å². The Bertz CT molecular complexity index is 984. The molecule has 0 radical (unpaired) electrons. The number of alkyl halides is 2. The van der Waals surface area contributed by atoms with E-state index in [1.807, 2.05) is 4.90 Å². The summed E-state index contributed by atoms with van der Waals surface area (Å²) >= 11 is 6.04. The number of allylic oxidation sites excluding steroid dienone is 2. The number of hydrogen-bond acceptors (Lipinski definition) is 7. The first-order valence-electron chi connectivity index (χ1n) is 11.2. The average Bonchev–Trinajstić information content (AvgIpc) is 2.80. The van der Waals surface area contributed by atoms with Gasteiger partial charge in [0.2, 0.25) is 5.88 Å². The van der Waals surface area contributed by atoms with Crippen molar-refractivity contribution in [2.75, 3.05) is 33.9 Å². The number of carbonyl (C=O) groups is 2. The highest BCUT2D eigenvalue weighted by Gasteiger charge is 2.34. The number of fused-ring (bicyclic) bond motifs is 1. The molecule has 34 heavy (non-hydrogen) atoms. The van der Waals surface area contributed by atoms with Gasteiger partial charge in [-0.2, -0.15) is 0 Å². The van der Waals surface area contributed by atoms with Crippen LogP contribution < -0.4 is 10.1 Å². The maximum Gasteiger partial charge on any atom is 0.270 e. The molecule has 3 rings (SSSR count). The number of Topliss-reactive ketones (excluding diaryl/α,β-unsaturated/α-hetero) is 1. The third-order valence-electron chi connectivity index (χ3n) is 5.91. The Labute approximate surface area is 203 Å². The number of hydrogen-bond donors (Lipinski definition) is 2. The van der Waals surface area contributed by atoms with Crippen LogP contribution in [0.15, 0.2) is 23.8 Å². The summed E-state index contributed by atoms with van der Waals surface area (Å²) in [4.78, 5) is 30.4. The number of nitrogens with one attached hydrogen (secondary N) is 1. The van der Waals surface area contributed by atoms with E-state index in [0.29, 0.717) is 55.6 Å². The van der Waals surface area contributed by atoms with Gasteiger partial charge in [-0.15, -0.1) is 11.6 Å². The number of pyridine rings is 1. The van der Waals surface area contributed by atoms with E-state index >= 15 is 0 Å². The summed E-state index contributed by atoms with van der Waals surface area (Å²) in [5.74, 6) is -0.128. The number of rotatable bonds is 10. The predicted molar refractivity (Wildman–Crippen MR) is 126 cm³/mol. The number of nitrogens with zero attached hydrogens (tertiary/aromatic N) is 2. The standard InChI is InChI=1S/C24H31ClFN3O5/c1-14(30)5-4-9-27-22(31)21-16-8-10-29(12-15-6-7-19(26)18(25)11-15)24(32)20(16)17(13-33-2)23(28-21)34-3/h6-7,11,18-19,24,32H,4-5,8-10,12-13H2,1-3H3,(H,27,31). The van der Waals surface area contributed by atoms with Crippen molar-refractivity contribution in [3.05, 3.63) is 46.2 Å². The lowest BCUT2D eigenvalue weighted by Gasteiger charge is -2.36. The number of ketones is 1. The number of methoxy groups -OCH3 is 2. The van der Waals surface area contributed by atoms with Crippen LogP contribution in [0, 0.1) is 0 Å². The van der Waals surface area contributed by atoms with Crippen molar-refractivity contribution < 1.29 is 28.6 Å². The van der Waals surface area contributed by atoms with Crippen molar-refractivity contribution in [1.82, 2.24) is 15.2 Å². The second-order valence-electron chi connectivity index (χ2n) is 8.42. The summed E-state index contributed by atoms with van der Waals surface area (Å²) in [5, 5.41) is 13.4. The van der Waals surface area contributed by atoms with Crippen LogP contribution in [-0.4, -0.2) is 72.1 Å². The lowest BCUT2D eigenvalue weighted by Crippen LogP contribution is -2.40. The van der Waals surface area contributed by atoms with Crippen molar-refractivity contribution in [3.8, 4) is 5.88 Å². The Morgan fingerprint density at radius 3 is 2.79 bits per heavy atom. The normalized spacial score (nSPS) is 22.2. The van der Waals surface area contributed by atoms with E-state index in [2.05, 4.69) is 10.3 Å². The fraction of sp³-hybridized carbons (Fsp3) is 0.542. The summed E-state index contributed by atoms with van der Waals surface area (Å²) in [6.07, 6.45) is 3.82. The number of carbonyl (C=O) groups excluding carboxylic acids is 2. The first kappa shape index (κ1) is 26.3. The highest BCUT2D eigenvalue weighted by atomic mass is 35.5. The highest BCUT2D eigenvalue weighted by molar-refractivity contribution is 6.22. The van der Waals surface area contributed by atoms with E-state index in [9.17, 15) is 19.1 Å². The number of halogens is 2. The average molecular weight is 496 g/mol. The lowest BCUT2D eigenvalue weighted by molar-refractivity contribution is -0.117. The lowest BCUT2D eigenvalue weighted by atomic mass is 9.91. The van der Waals surface area contributed by atoms with Crippen molar-refractivity contribution in [3.63, 3.8) is 0 Å². The summed E-state index contributed by atoms with van der Waals surface area (Å²) in [6.45, 7) is 2.79. The molecule has 0 saturated carbocycles. The van der Waals surface area contributed by atoms with E-state index in [1.165, 1.54) is 27.2 Å². The molecule has 3 unspecified atom stereocenters. The van der Waals surface area contributed by atoms with Gasteiger partial charge in [0.15, 0.2) is 0 Å². The number of amides is 1. The van der Waals surface area contributed by atoms with E-state index in [1.54, 1.807) is 12.2 Å². The molecule has 10 heteroatoms. The van der Waals surface area contributed by atoms with Gasteiger partial charge in [0.25, 0.3) is 5.91 Å². The zero-order valence-corrected chi connectivity index (χ0v) is 20.4. The van der Waals surface area contributed by atoms with Crippen LogP contribution >= 0.6 is 11.6 Å². The molecule has 1 aliphatic carbocycles. The second-order valence-corrected chi connectivity index (χ2v) is 8.92. The first-order chi connectivity index (χ1) is 16.3. The molecule has 1 aromatic rings. The molecule has 0 fully saturated rings.